The number of amides is 1. The number of rotatable bonds is 3. The van der Waals surface area contributed by atoms with Gasteiger partial charge in [-0.15, -0.1) is 0 Å². The molecule has 0 saturated carbocycles. The van der Waals surface area contributed by atoms with E-state index in [0.717, 1.165) is 0 Å². The van der Waals surface area contributed by atoms with Crippen LogP contribution in [0.2, 0.25) is 0 Å². The van der Waals surface area contributed by atoms with Crippen LogP contribution >= 0.6 is 0 Å². The minimum absolute atomic E-state index is 0.0232. The van der Waals surface area contributed by atoms with Gasteiger partial charge in [0.05, 0.1) is 11.0 Å². The zero-order valence-corrected chi connectivity index (χ0v) is 12.8. The molecule has 2 heterocycles. The number of nitrogens with one attached hydrogen (secondary N) is 1. The fourth-order valence-corrected chi connectivity index (χ4v) is 3.07. The average Bonchev–Trinajstić information content (AvgIpc) is 3.10. The van der Waals surface area contributed by atoms with Crippen LogP contribution in [0.4, 0.5) is 13.2 Å². The van der Waals surface area contributed by atoms with Crippen LogP contribution in [0.15, 0.2) is 23.0 Å². The Kier molecular flexibility index (Phi) is 4.05. The van der Waals surface area contributed by atoms with Gasteiger partial charge in [-0.1, -0.05) is 0 Å². The smallest absolute Gasteiger partial charge is 0.406 e. The molecule has 1 aliphatic rings. The Morgan fingerprint density at radius 3 is 2.68 bits per heavy atom. The number of carboxylic acids is 1. The molecule has 0 aliphatic carbocycles. The second kappa shape index (κ2) is 5.94. The summed E-state index contributed by atoms with van der Waals surface area (Å²) in [4.78, 5) is 38.9. The lowest BCUT2D eigenvalue weighted by atomic mass is 10.1. The molecule has 7 nitrogen and oxygen atoms in total. The maximum atomic E-state index is 12.6. The molecule has 1 aromatic heterocycles. The van der Waals surface area contributed by atoms with Crippen LogP contribution in [0.25, 0.3) is 11.0 Å². The number of aromatic nitrogens is 2. The Hall–Kier alpha value is -2.78. The van der Waals surface area contributed by atoms with Crippen LogP contribution in [0.3, 0.4) is 0 Å². The van der Waals surface area contributed by atoms with Gasteiger partial charge in [0.1, 0.15) is 12.6 Å². The number of hydrogen-bond donors (Lipinski definition) is 2. The molecule has 1 aromatic carbocycles. The topological polar surface area (TPSA) is 95.4 Å². The highest BCUT2D eigenvalue weighted by Crippen LogP contribution is 2.23. The molecular formula is C15H14F3N3O4. The highest BCUT2D eigenvalue weighted by Gasteiger charge is 2.35. The molecule has 1 saturated heterocycles. The summed E-state index contributed by atoms with van der Waals surface area (Å²) in [6, 6.07) is 2.89. The zero-order chi connectivity index (χ0) is 18.4. The van der Waals surface area contributed by atoms with Gasteiger partial charge in [0.15, 0.2) is 0 Å². The molecule has 1 aliphatic heterocycles. The third-order valence-corrected chi connectivity index (χ3v) is 4.16. The number of aromatic amines is 1. The summed E-state index contributed by atoms with van der Waals surface area (Å²) in [5.41, 5.74) is -0.705. The monoisotopic (exact) mass is 357 g/mol. The average molecular weight is 357 g/mol. The van der Waals surface area contributed by atoms with Gasteiger partial charge in [-0.05, 0) is 31.0 Å². The van der Waals surface area contributed by atoms with Crippen molar-refractivity contribution < 1.29 is 27.9 Å². The molecule has 10 heteroatoms. The number of benzene rings is 1. The minimum Gasteiger partial charge on any atom is -0.480 e. The van der Waals surface area contributed by atoms with Crippen LogP contribution in [0.5, 0.6) is 0 Å². The highest BCUT2D eigenvalue weighted by atomic mass is 19.4. The summed E-state index contributed by atoms with van der Waals surface area (Å²) in [7, 11) is 0. The summed E-state index contributed by atoms with van der Waals surface area (Å²) in [5.74, 6) is -1.63. The number of imidazole rings is 1. The van der Waals surface area contributed by atoms with Crippen LogP contribution in [0, 0.1) is 0 Å². The maximum absolute atomic E-state index is 12.6. The van der Waals surface area contributed by atoms with E-state index in [2.05, 4.69) is 4.98 Å². The van der Waals surface area contributed by atoms with Crippen LogP contribution in [0.1, 0.15) is 23.2 Å². The Morgan fingerprint density at radius 2 is 2.04 bits per heavy atom. The summed E-state index contributed by atoms with van der Waals surface area (Å²) < 4.78 is 38.2. The molecule has 1 fully saturated rings. The molecule has 0 spiro atoms. The normalized spacial score (nSPS) is 18.0. The van der Waals surface area contributed by atoms with Gasteiger partial charge in [-0.25, -0.2) is 9.59 Å². The first-order chi connectivity index (χ1) is 11.7. The number of nitrogens with zero attached hydrogens (tertiary/aromatic N) is 2. The Labute approximate surface area is 138 Å². The Morgan fingerprint density at radius 1 is 1.32 bits per heavy atom. The third kappa shape index (κ3) is 3.24. The van der Waals surface area contributed by atoms with Crippen molar-refractivity contribution in [2.75, 3.05) is 6.54 Å². The first-order valence-electron chi connectivity index (χ1n) is 7.50. The number of alkyl halides is 3. The fraction of sp³-hybridized carbons (Fsp3) is 0.400. The molecule has 2 aromatic rings. The van der Waals surface area contributed by atoms with Crippen molar-refractivity contribution in [2.24, 2.45) is 0 Å². The largest absolute Gasteiger partial charge is 0.480 e. The predicted octanol–water partition coefficient (Wildman–Crippen LogP) is 1.58. The predicted molar refractivity (Wildman–Crippen MR) is 80.3 cm³/mol. The number of H-pyrrole nitrogens is 1. The van der Waals surface area contributed by atoms with Crippen molar-refractivity contribution in [3.63, 3.8) is 0 Å². The number of halogens is 3. The molecule has 0 bridgehead atoms. The summed E-state index contributed by atoms with van der Waals surface area (Å²) in [6.07, 6.45) is -3.65. The summed E-state index contributed by atoms with van der Waals surface area (Å²) >= 11 is 0. The van der Waals surface area contributed by atoms with Crippen LogP contribution in [-0.2, 0) is 11.3 Å². The number of carbonyl (C=O) groups excluding carboxylic acids is 1. The molecule has 1 atom stereocenters. The zero-order valence-electron chi connectivity index (χ0n) is 12.8. The molecule has 3 rings (SSSR count). The maximum Gasteiger partial charge on any atom is 0.406 e. The van der Waals surface area contributed by atoms with E-state index in [-0.39, 0.29) is 16.6 Å². The Bertz CT molecular complexity index is 900. The second-order valence-electron chi connectivity index (χ2n) is 5.86. The van der Waals surface area contributed by atoms with Gasteiger partial charge < -0.3 is 15.0 Å². The number of likely N-dealkylation sites (tertiary alicyclic amines) is 1. The standard InChI is InChI=1S/C15H14F3N3O4/c16-15(17,18)7-21-10-4-3-8(6-9(10)19-14(21)25)12(22)20-5-1-2-11(20)13(23)24/h3-4,6,11H,1-2,5,7H2,(H,19,25)(H,23,24)/t11-/m0/s1. The van der Waals surface area contributed by atoms with E-state index in [0.29, 0.717) is 24.0 Å². The molecule has 0 unspecified atom stereocenters. The van der Waals surface area contributed by atoms with E-state index in [1.165, 1.54) is 23.1 Å². The van der Waals surface area contributed by atoms with E-state index in [4.69, 9.17) is 5.11 Å². The van der Waals surface area contributed by atoms with Gasteiger partial charge in [0, 0.05) is 12.1 Å². The SMILES string of the molecule is O=C(O)[C@@H]1CCCN1C(=O)c1ccc2c(c1)[nH]c(=O)n2CC(F)(F)F. The number of aliphatic carboxylic acids is 1. The minimum atomic E-state index is -4.56. The molecular weight excluding hydrogens is 343 g/mol. The molecule has 0 radical (unpaired) electrons. The van der Waals surface area contributed by atoms with E-state index < -0.39 is 36.3 Å². The van der Waals surface area contributed by atoms with Crippen molar-refractivity contribution in [3.05, 3.63) is 34.2 Å². The first kappa shape index (κ1) is 17.1. The summed E-state index contributed by atoms with van der Waals surface area (Å²) in [6.45, 7) is -1.15. The van der Waals surface area contributed by atoms with Crippen molar-refractivity contribution in [1.29, 1.82) is 0 Å². The van der Waals surface area contributed by atoms with E-state index in [9.17, 15) is 27.6 Å². The lowest BCUT2D eigenvalue weighted by molar-refractivity contribution is -0.141. The number of hydrogen-bond acceptors (Lipinski definition) is 3. The van der Waals surface area contributed by atoms with Gasteiger partial charge in [-0.3, -0.25) is 9.36 Å². The van der Waals surface area contributed by atoms with E-state index in [1.807, 2.05) is 0 Å². The number of fused-ring (bicyclic) bond motifs is 1. The van der Waals surface area contributed by atoms with Crippen molar-refractivity contribution >= 4 is 22.9 Å². The van der Waals surface area contributed by atoms with Crippen molar-refractivity contribution in [1.82, 2.24) is 14.5 Å². The molecule has 2 N–H and O–H groups in total. The first-order valence-corrected chi connectivity index (χ1v) is 7.50. The molecule has 134 valence electrons. The molecule has 25 heavy (non-hydrogen) atoms. The number of carboxylic acid groups (broad SMARTS) is 1. The van der Waals surface area contributed by atoms with Crippen LogP contribution < -0.4 is 5.69 Å². The lowest BCUT2D eigenvalue weighted by Crippen LogP contribution is -2.40. The highest BCUT2D eigenvalue weighted by molar-refractivity contribution is 5.99. The van der Waals surface area contributed by atoms with Gasteiger partial charge >= 0.3 is 17.8 Å². The van der Waals surface area contributed by atoms with E-state index in [1.54, 1.807) is 0 Å². The quantitative estimate of drug-likeness (QED) is 0.872. The van der Waals surface area contributed by atoms with E-state index >= 15 is 0 Å². The Balaban J connectivity index is 1.96. The van der Waals surface area contributed by atoms with Gasteiger partial charge in [0.2, 0.25) is 0 Å². The molecule has 1 amide bonds. The van der Waals surface area contributed by atoms with Gasteiger partial charge in [-0.2, -0.15) is 13.2 Å². The third-order valence-electron chi connectivity index (χ3n) is 4.16. The summed E-state index contributed by atoms with van der Waals surface area (Å²) in [5, 5.41) is 9.15. The van der Waals surface area contributed by atoms with Crippen molar-refractivity contribution in [2.45, 2.75) is 31.6 Å². The second-order valence-corrected chi connectivity index (χ2v) is 5.86. The lowest BCUT2D eigenvalue weighted by Gasteiger charge is -2.21. The number of carbonyl (C=O) groups is 2. The van der Waals surface area contributed by atoms with Crippen molar-refractivity contribution in [3.8, 4) is 0 Å². The fourth-order valence-electron chi connectivity index (χ4n) is 3.07. The van der Waals surface area contributed by atoms with Gasteiger partial charge in [0.25, 0.3) is 5.91 Å². The van der Waals surface area contributed by atoms with Crippen LogP contribution in [-0.4, -0.2) is 50.2 Å².